The van der Waals surface area contributed by atoms with Crippen LogP contribution >= 0.6 is 0 Å². The molecule has 0 radical (unpaired) electrons. The molecule has 2 aliphatic carbocycles. The van der Waals surface area contributed by atoms with E-state index in [2.05, 4.69) is 16.7 Å². The molecule has 5 rings (SSSR count). The van der Waals surface area contributed by atoms with Gasteiger partial charge in [-0.05, 0) is 51.2 Å². The smallest absolute Gasteiger partial charge is 0.310 e. The minimum Gasteiger partial charge on any atom is -0.595 e. The largest absolute Gasteiger partial charge is 0.595 e. The van der Waals surface area contributed by atoms with Crippen molar-refractivity contribution in [1.29, 1.82) is 0 Å². The van der Waals surface area contributed by atoms with Crippen molar-refractivity contribution < 1.29 is 29.8 Å². The second kappa shape index (κ2) is 8.97. The van der Waals surface area contributed by atoms with Crippen LogP contribution in [0.3, 0.4) is 0 Å². The highest BCUT2D eigenvalue weighted by Crippen LogP contribution is 2.61. The fourth-order valence-corrected chi connectivity index (χ4v) is 7.37. The fourth-order valence-electron chi connectivity index (χ4n) is 7.37. The van der Waals surface area contributed by atoms with Crippen LogP contribution in [0.15, 0.2) is 24.3 Å². The van der Waals surface area contributed by atoms with Crippen molar-refractivity contribution in [2.75, 3.05) is 44.7 Å². The van der Waals surface area contributed by atoms with Crippen LogP contribution in [0.25, 0.3) is 0 Å². The number of piperazine rings is 1. The average Bonchev–Trinajstić information content (AvgIpc) is 3.12. The molecule has 1 aromatic rings. The molecule has 0 spiro atoms. The van der Waals surface area contributed by atoms with Crippen molar-refractivity contribution in [3.8, 4) is 0 Å². The van der Waals surface area contributed by atoms with E-state index in [0.717, 1.165) is 51.1 Å². The van der Waals surface area contributed by atoms with Crippen LogP contribution in [-0.2, 0) is 14.3 Å². The number of esters is 1. The van der Waals surface area contributed by atoms with Gasteiger partial charge in [-0.3, -0.25) is 9.69 Å². The molecule has 2 aliphatic heterocycles. The molecule has 35 heavy (non-hydrogen) atoms. The number of nitrogens with one attached hydrogen (secondary N) is 1. The van der Waals surface area contributed by atoms with Gasteiger partial charge in [0.05, 0.1) is 17.1 Å². The summed E-state index contributed by atoms with van der Waals surface area (Å²) in [6.07, 6.45) is 3.83. The molecule has 2 saturated carbocycles. The summed E-state index contributed by atoms with van der Waals surface area (Å²) < 4.78 is 11.9. The van der Waals surface area contributed by atoms with Gasteiger partial charge in [-0.2, -0.15) is 5.23 Å². The maximum atomic E-state index is 13.0. The second-order valence-corrected chi connectivity index (χ2v) is 11.5. The summed E-state index contributed by atoms with van der Waals surface area (Å²) in [6.45, 7) is 8.07. The number of quaternary nitrogens is 1. The lowest BCUT2D eigenvalue weighted by atomic mass is 9.49. The Morgan fingerprint density at radius 2 is 1.83 bits per heavy atom. The third-order valence-corrected chi connectivity index (χ3v) is 9.76. The number of nitrogens with zero attached hydrogens (tertiary/aromatic N) is 2. The number of rotatable bonds is 5. The van der Waals surface area contributed by atoms with Gasteiger partial charge in [0, 0.05) is 69.0 Å². The summed E-state index contributed by atoms with van der Waals surface area (Å²) in [4.78, 5) is 17.6. The molecule has 7 atom stereocenters. The number of fused-ring (bicyclic) bond motifs is 2. The molecule has 0 bridgehead atoms. The SMILES string of the molecule is CO[C@]1(C)CCC[C@]2(C)C[C@H]3OC(=O)[C@H](CN4CCN(c5ccc([NH+]([O-])O)cc5)CC4)[C@@H]3C[C@]21O. The van der Waals surface area contributed by atoms with Crippen LogP contribution in [0, 0.1) is 22.5 Å². The van der Waals surface area contributed by atoms with E-state index in [-0.39, 0.29) is 35.0 Å². The Labute approximate surface area is 207 Å². The van der Waals surface area contributed by atoms with Crippen molar-refractivity contribution in [3.63, 3.8) is 0 Å². The molecular weight excluding hydrogens is 450 g/mol. The Kier molecular flexibility index (Phi) is 6.39. The summed E-state index contributed by atoms with van der Waals surface area (Å²) in [7, 11) is 1.69. The molecule has 9 nitrogen and oxygen atoms in total. The number of anilines is 1. The highest BCUT2D eigenvalue weighted by atomic mass is 16.8. The zero-order valence-corrected chi connectivity index (χ0v) is 21.0. The van der Waals surface area contributed by atoms with Gasteiger partial charge in [-0.1, -0.05) is 6.92 Å². The number of carbonyl (C=O) groups is 1. The molecule has 1 unspecified atom stereocenters. The van der Waals surface area contributed by atoms with Gasteiger partial charge < -0.3 is 24.7 Å². The summed E-state index contributed by atoms with van der Waals surface area (Å²) in [5.41, 5.74) is -0.632. The molecule has 3 N–H and O–H groups in total. The first-order valence-corrected chi connectivity index (χ1v) is 12.9. The maximum Gasteiger partial charge on any atom is 0.310 e. The van der Waals surface area contributed by atoms with Crippen molar-refractivity contribution in [3.05, 3.63) is 29.5 Å². The van der Waals surface area contributed by atoms with Crippen molar-refractivity contribution in [1.82, 2.24) is 4.90 Å². The number of hydrogen-bond donors (Lipinski definition) is 3. The number of ether oxygens (including phenoxy) is 2. The van der Waals surface area contributed by atoms with Crippen molar-refractivity contribution >= 4 is 17.3 Å². The fraction of sp³-hybridized carbons (Fsp3) is 0.731. The van der Waals surface area contributed by atoms with Crippen LogP contribution in [0.1, 0.15) is 46.0 Å². The summed E-state index contributed by atoms with van der Waals surface area (Å²) in [5.74, 6) is -0.371. The van der Waals surface area contributed by atoms with Gasteiger partial charge in [0.2, 0.25) is 0 Å². The third kappa shape index (κ3) is 4.06. The number of methoxy groups -OCH3 is 1. The Bertz CT molecular complexity index is 936. The normalized spacial score (nSPS) is 40.7. The van der Waals surface area contributed by atoms with Gasteiger partial charge in [0.1, 0.15) is 6.10 Å². The van der Waals surface area contributed by atoms with Crippen molar-refractivity contribution in [2.24, 2.45) is 17.3 Å². The third-order valence-electron chi connectivity index (χ3n) is 9.76. The van der Waals surface area contributed by atoms with E-state index >= 15 is 0 Å². The minimum atomic E-state index is -0.985. The highest BCUT2D eigenvalue weighted by molar-refractivity contribution is 5.75. The van der Waals surface area contributed by atoms with Gasteiger partial charge in [-0.15, -0.1) is 0 Å². The van der Waals surface area contributed by atoms with Crippen LogP contribution in [0.4, 0.5) is 11.4 Å². The summed E-state index contributed by atoms with van der Waals surface area (Å²) >= 11 is 0. The number of carbonyl (C=O) groups excluding carboxylic acids is 1. The number of hydrogen-bond acceptors (Lipinski definition) is 8. The maximum absolute atomic E-state index is 13.0. The average molecular weight is 490 g/mol. The molecular formula is C26H39N3O6. The lowest BCUT2D eigenvalue weighted by molar-refractivity contribution is -0.991. The Morgan fingerprint density at radius 3 is 2.46 bits per heavy atom. The van der Waals surface area contributed by atoms with E-state index in [1.54, 1.807) is 19.2 Å². The highest BCUT2D eigenvalue weighted by Gasteiger charge is 2.67. The molecule has 9 heteroatoms. The zero-order chi connectivity index (χ0) is 25.0. The van der Waals surface area contributed by atoms with E-state index in [9.17, 15) is 15.1 Å². The topological polar surface area (TPSA) is 110 Å². The Hall–Kier alpha value is -1.75. The predicted octanol–water partition coefficient (Wildman–Crippen LogP) is 1.49. The van der Waals surface area contributed by atoms with Gasteiger partial charge >= 0.3 is 5.97 Å². The zero-order valence-electron chi connectivity index (χ0n) is 21.0. The summed E-state index contributed by atoms with van der Waals surface area (Å²) in [6, 6.07) is 6.99. The molecule has 4 aliphatic rings. The van der Waals surface area contributed by atoms with E-state index in [4.69, 9.17) is 14.7 Å². The first-order valence-electron chi connectivity index (χ1n) is 12.9. The van der Waals surface area contributed by atoms with Gasteiger partial charge in [0.15, 0.2) is 5.69 Å². The number of benzene rings is 1. The van der Waals surface area contributed by atoms with Gasteiger partial charge in [0.25, 0.3) is 0 Å². The lowest BCUT2D eigenvalue weighted by Gasteiger charge is -2.62. The van der Waals surface area contributed by atoms with Gasteiger partial charge in [-0.25, -0.2) is 5.21 Å². The van der Waals surface area contributed by atoms with Crippen LogP contribution < -0.4 is 10.1 Å². The molecule has 0 aromatic heterocycles. The molecule has 0 amide bonds. The van der Waals surface area contributed by atoms with Crippen LogP contribution in [-0.4, -0.2) is 78.3 Å². The first-order chi connectivity index (χ1) is 16.6. The minimum absolute atomic E-state index is 0.00487. The number of aliphatic hydroxyl groups is 1. The van der Waals surface area contributed by atoms with Crippen molar-refractivity contribution in [2.45, 2.75) is 63.3 Å². The summed E-state index contributed by atoms with van der Waals surface area (Å²) in [5, 5.41) is 31.4. The van der Waals surface area contributed by atoms with E-state index < -0.39 is 16.4 Å². The van der Waals surface area contributed by atoms with E-state index in [0.29, 0.717) is 19.4 Å². The van der Waals surface area contributed by atoms with E-state index in [1.165, 1.54) is 0 Å². The first kappa shape index (κ1) is 24.9. The molecule has 4 fully saturated rings. The second-order valence-electron chi connectivity index (χ2n) is 11.5. The lowest BCUT2D eigenvalue weighted by Crippen LogP contribution is -2.99. The monoisotopic (exact) mass is 489 g/mol. The van der Waals surface area contributed by atoms with Crippen LogP contribution in [0.5, 0.6) is 0 Å². The van der Waals surface area contributed by atoms with E-state index in [1.807, 2.05) is 19.1 Å². The molecule has 2 saturated heterocycles. The Balaban J connectivity index is 1.25. The standard InChI is InChI=1S/C26H39N3O6/c1-24-9-4-10-25(2,34-3)26(24,31)15-20-21(23(30)35-22(20)16-24)17-27-11-13-28(14-12-27)18-5-7-19(8-6-18)29(32)33/h5-8,20-22,29,31-32H,4,9-17H2,1-3H3/t20-,21+,22+,24+,25+,26-/m0/s1. The Morgan fingerprint density at radius 1 is 1.14 bits per heavy atom. The van der Waals surface area contributed by atoms with Crippen LogP contribution in [0.2, 0.25) is 0 Å². The molecule has 194 valence electrons. The molecule has 1 aromatic carbocycles. The quantitative estimate of drug-likeness (QED) is 0.422. The molecule has 2 heterocycles. The predicted molar refractivity (Wildman–Crippen MR) is 129 cm³/mol.